The molecule has 1 saturated heterocycles. The van der Waals surface area contributed by atoms with Crippen LogP contribution in [0.5, 0.6) is 0 Å². The number of carbonyl (C=O) groups is 1. The van der Waals surface area contributed by atoms with Crippen LogP contribution in [0.4, 0.5) is 8.78 Å². The summed E-state index contributed by atoms with van der Waals surface area (Å²) in [6.45, 7) is 0.995. The summed E-state index contributed by atoms with van der Waals surface area (Å²) in [6, 6.07) is 11.1. The number of carbonyl (C=O) groups excluding carboxylic acids is 1. The van der Waals surface area contributed by atoms with E-state index in [-0.39, 0.29) is 23.8 Å². The first-order valence-electron chi connectivity index (χ1n) is 10.0. The molecule has 3 atom stereocenters. The van der Waals surface area contributed by atoms with Gasteiger partial charge in [0.05, 0.1) is 6.26 Å². The van der Waals surface area contributed by atoms with Gasteiger partial charge in [0.2, 0.25) is 15.9 Å². The molecule has 1 heterocycles. The number of sulfonamides is 1. The zero-order valence-corrected chi connectivity index (χ0v) is 17.5. The van der Waals surface area contributed by atoms with E-state index in [0.29, 0.717) is 31.5 Å². The molecule has 1 aliphatic heterocycles. The van der Waals surface area contributed by atoms with Crippen LogP contribution >= 0.6 is 0 Å². The van der Waals surface area contributed by atoms with Gasteiger partial charge >= 0.3 is 0 Å². The van der Waals surface area contributed by atoms with E-state index >= 15 is 0 Å². The molecule has 0 spiro atoms. The summed E-state index contributed by atoms with van der Waals surface area (Å²) in [4.78, 5) is 14.8. The monoisotopic (exact) mass is 434 g/mol. The fourth-order valence-electron chi connectivity index (χ4n) is 4.37. The lowest BCUT2D eigenvalue weighted by Gasteiger charge is -2.33. The van der Waals surface area contributed by atoms with Crippen LogP contribution < -0.4 is 4.72 Å². The highest BCUT2D eigenvalue weighted by atomic mass is 32.2. The number of benzene rings is 2. The van der Waals surface area contributed by atoms with Crippen LogP contribution in [0, 0.1) is 17.6 Å². The summed E-state index contributed by atoms with van der Waals surface area (Å²) in [6.07, 6.45) is 3.28. The zero-order valence-electron chi connectivity index (χ0n) is 16.6. The molecule has 160 valence electrons. The molecular weight excluding hydrogens is 410 g/mol. The number of likely N-dealkylation sites (tertiary alicyclic amines) is 1. The first-order chi connectivity index (χ1) is 14.2. The van der Waals surface area contributed by atoms with Crippen LogP contribution in [-0.4, -0.2) is 44.6 Å². The van der Waals surface area contributed by atoms with Gasteiger partial charge in [0.15, 0.2) is 11.6 Å². The summed E-state index contributed by atoms with van der Waals surface area (Å²) in [5.41, 5.74) is 2.33. The van der Waals surface area contributed by atoms with Crippen LogP contribution in [0.25, 0.3) is 11.1 Å². The third-order valence-electron chi connectivity index (χ3n) is 5.81. The lowest BCUT2D eigenvalue weighted by Crippen LogP contribution is -2.49. The predicted octanol–water partition coefficient (Wildman–Crippen LogP) is 3.28. The average Bonchev–Trinajstić information content (AvgIpc) is 3.49. The molecule has 0 aromatic heterocycles. The molecule has 1 aliphatic carbocycles. The first-order valence-corrected chi connectivity index (χ1v) is 11.9. The van der Waals surface area contributed by atoms with Gasteiger partial charge in [-0.25, -0.2) is 21.9 Å². The predicted molar refractivity (Wildman–Crippen MR) is 110 cm³/mol. The van der Waals surface area contributed by atoms with E-state index < -0.39 is 21.7 Å². The Balaban J connectivity index is 1.49. The van der Waals surface area contributed by atoms with Crippen LogP contribution in [0.3, 0.4) is 0 Å². The molecule has 1 amide bonds. The molecule has 0 unspecified atom stereocenters. The lowest BCUT2D eigenvalue weighted by atomic mass is 9.95. The number of rotatable bonds is 5. The van der Waals surface area contributed by atoms with Crippen LogP contribution in [-0.2, 0) is 14.8 Å². The molecule has 2 aliphatic rings. The molecule has 5 nitrogen and oxygen atoms in total. The van der Waals surface area contributed by atoms with Crippen molar-refractivity contribution < 1.29 is 22.0 Å². The van der Waals surface area contributed by atoms with Gasteiger partial charge in [-0.1, -0.05) is 30.3 Å². The van der Waals surface area contributed by atoms with E-state index in [1.54, 1.807) is 11.0 Å². The summed E-state index contributed by atoms with van der Waals surface area (Å²) < 4.78 is 52.7. The molecule has 30 heavy (non-hydrogen) atoms. The molecule has 1 N–H and O–H groups in total. The van der Waals surface area contributed by atoms with E-state index in [1.807, 2.05) is 24.3 Å². The van der Waals surface area contributed by atoms with E-state index in [1.165, 1.54) is 6.07 Å². The lowest BCUT2D eigenvalue weighted by molar-refractivity contribution is -0.133. The molecule has 2 aromatic rings. The molecule has 4 rings (SSSR count). The molecule has 2 aromatic carbocycles. The Morgan fingerprint density at radius 2 is 1.90 bits per heavy atom. The SMILES string of the molecule is CS(=O)(=O)N[C@@H]1CCCN(C(=O)[C@@H]2C[C@H]2c2ccccc2-c2ccc(F)c(F)c2)C1. The van der Waals surface area contributed by atoms with Gasteiger partial charge in [-0.15, -0.1) is 0 Å². The maximum Gasteiger partial charge on any atom is 0.226 e. The highest BCUT2D eigenvalue weighted by Crippen LogP contribution is 2.51. The number of hydrogen-bond acceptors (Lipinski definition) is 3. The second-order valence-corrected chi connectivity index (χ2v) is 9.96. The Kier molecular flexibility index (Phi) is 5.63. The number of piperidine rings is 1. The third kappa shape index (κ3) is 4.54. The third-order valence-corrected chi connectivity index (χ3v) is 6.57. The van der Waals surface area contributed by atoms with Crippen molar-refractivity contribution in [1.82, 2.24) is 9.62 Å². The van der Waals surface area contributed by atoms with E-state index in [2.05, 4.69) is 4.72 Å². The van der Waals surface area contributed by atoms with Crippen molar-refractivity contribution in [2.45, 2.75) is 31.2 Å². The number of amides is 1. The Labute approximate surface area is 175 Å². The number of halogens is 2. The molecule has 1 saturated carbocycles. The second kappa shape index (κ2) is 8.07. The van der Waals surface area contributed by atoms with E-state index in [0.717, 1.165) is 29.9 Å². The number of nitrogens with zero attached hydrogens (tertiary/aromatic N) is 1. The van der Waals surface area contributed by atoms with Crippen molar-refractivity contribution in [2.24, 2.45) is 5.92 Å². The summed E-state index contributed by atoms with van der Waals surface area (Å²) in [5.74, 6) is -1.92. The van der Waals surface area contributed by atoms with Gasteiger partial charge in [0.1, 0.15) is 0 Å². The number of nitrogens with one attached hydrogen (secondary N) is 1. The van der Waals surface area contributed by atoms with Gasteiger partial charge < -0.3 is 4.90 Å². The Morgan fingerprint density at radius 1 is 1.13 bits per heavy atom. The Hall–Kier alpha value is -2.32. The van der Waals surface area contributed by atoms with Gasteiger partial charge in [0.25, 0.3) is 0 Å². The van der Waals surface area contributed by atoms with Gasteiger partial charge in [-0.05, 0) is 54.0 Å². The van der Waals surface area contributed by atoms with E-state index in [9.17, 15) is 22.0 Å². The van der Waals surface area contributed by atoms with Gasteiger partial charge in [-0.3, -0.25) is 4.79 Å². The van der Waals surface area contributed by atoms with Crippen molar-refractivity contribution in [3.63, 3.8) is 0 Å². The maximum atomic E-state index is 13.7. The van der Waals surface area contributed by atoms with Gasteiger partial charge in [0, 0.05) is 25.0 Å². The summed E-state index contributed by atoms with van der Waals surface area (Å²) >= 11 is 0. The number of hydrogen-bond donors (Lipinski definition) is 1. The molecule has 0 bridgehead atoms. The van der Waals surface area contributed by atoms with Crippen LogP contribution in [0.1, 0.15) is 30.7 Å². The first kappa shape index (κ1) is 20.9. The van der Waals surface area contributed by atoms with Crippen molar-refractivity contribution >= 4 is 15.9 Å². The maximum absolute atomic E-state index is 13.7. The summed E-state index contributed by atoms with van der Waals surface area (Å²) in [7, 11) is -3.32. The Morgan fingerprint density at radius 3 is 2.63 bits per heavy atom. The highest BCUT2D eigenvalue weighted by Gasteiger charge is 2.47. The van der Waals surface area contributed by atoms with E-state index in [4.69, 9.17) is 0 Å². The minimum Gasteiger partial charge on any atom is -0.341 e. The standard InChI is InChI=1S/C22H24F2N2O3S/c1-30(28,29)25-15-5-4-10-26(13-15)22(27)19-12-18(19)17-7-3-2-6-16(17)14-8-9-20(23)21(24)11-14/h2-3,6-9,11,15,18-19,25H,4-5,10,12-13H2,1H3/t15-,18+,19-/m1/s1. The topological polar surface area (TPSA) is 66.5 Å². The molecular formula is C22H24F2N2O3S. The zero-order chi connectivity index (χ0) is 21.5. The quantitative estimate of drug-likeness (QED) is 0.786. The van der Waals surface area contributed by atoms with Crippen molar-refractivity contribution in [1.29, 1.82) is 0 Å². The fourth-order valence-corrected chi connectivity index (χ4v) is 5.17. The minimum atomic E-state index is -3.32. The minimum absolute atomic E-state index is 0.0186. The molecule has 8 heteroatoms. The molecule has 2 fully saturated rings. The highest BCUT2D eigenvalue weighted by molar-refractivity contribution is 7.88. The Bertz CT molecular complexity index is 1070. The van der Waals surface area contributed by atoms with Gasteiger partial charge in [-0.2, -0.15) is 0 Å². The summed E-state index contributed by atoms with van der Waals surface area (Å²) in [5, 5.41) is 0. The van der Waals surface area contributed by atoms with Crippen LogP contribution in [0.2, 0.25) is 0 Å². The van der Waals surface area contributed by atoms with Crippen molar-refractivity contribution in [3.8, 4) is 11.1 Å². The van der Waals surface area contributed by atoms with Crippen molar-refractivity contribution in [3.05, 3.63) is 59.7 Å². The largest absolute Gasteiger partial charge is 0.341 e. The van der Waals surface area contributed by atoms with Crippen molar-refractivity contribution in [2.75, 3.05) is 19.3 Å². The van der Waals surface area contributed by atoms with Crippen LogP contribution in [0.15, 0.2) is 42.5 Å². The normalized spacial score (nSPS) is 24.0. The molecule has 0 radical (unpaired) electrons. The smallest absolute Gasteiger partial charge is 0.226 e. The fraction of sp³-hybridized carbons (Fsp3) is 0.409. The average molecular weight is 435 g/mol. The second-order valence-electron chi connectivity index (χ2n) is 8.18.